The molecule has 0 saturated heterocycles. The number of Topliss-reactive ketones (excluding diaryl/α,β-unsaturated/α-hetero) is 1. The molecule has 11 heteroatoms. The van der Waals surface area contributed by atoms with Crippen molar-refractivity contribution in [3.63, 3.8) is 0 Å². The number of rotatable bonds is 8. The van der Waals surface area contributed by atoms with Gasteiger partial charge in [-0.2, -0.15) is 0 Å². The molecule has 4 N–H and O–H groups in total. The van der Waals surface area contributed by atoms with Crippen LogP contribution in [0.25, 0.3) is 11.6 Å². The molecule has 8 nitrogen and oxygen atoms in total. The summed E-state index contributed by atoms with van der Waals surface area (Å²) in [6, 6.07) is 4.57. The third-order valence-corrected chi connectivity index (χ3v) is 6.48. The van der Waals surface area contributed by atoms with Gasteiger partial charge in [-0.3, -0.25) is 9.79 Å². The molecule has 0 spiro atoms. The van der Waals surface area contributed by atoms with E-state index in [9.17, 15) is 33.7 Å². The molecule has 0 amide bonds. The van der Waals surface area contributed by atoms with E-state index >= 15 is 0 Å². The molecule has 0 bridgehead atoms. The molecule has 36 heavy (non-hydrogen) atoms. The van der Waals surface area contributed by atoms with Crippen molar-refractivity contribution >= 4 is 40.9 Å². The summed E-state index contributed by atoms with van der Waals surface area (Å²) < 4.78 is 28.3. The van der Waals surface area contributed by atoms with E-state index in [4.69, 9.17) is 11.6 Å². The molecule has 0 saturated carbocycles. The highest BCUT2D eigenvalue weighted by atomic mass is 35.5. The van der Waals surface area contributed by atoms with E-state index in [1.165, 1.54) is 12.3 Å². The van der Waals surface area contributed by atoms with Crippen molar-refractivity contribution in [2.45, 2.75) is 19.4 Å². The third kappa shape index (κ3) is 4.62. The fourth-order valence-electron chi connectivity index (χ4n) is 4.09. The zero-order chi connectivity index (χ0) is 26.1. The van der Waals surface area contributed by atoms with Gasteiger partial charge in [-0.15, -0.1) is 0 Å². The van der Waals surface area contributed by atoms with Gasteiger partial charge in [0.15, 0.2) is 17.4 Å². The number of aliphatic hydroxyl groups is 2. The molecule has 1 atom stereocenters. The molecular formula is C25H22ClF2N3O5. The van der Waals surface area contributed by atoms with Crippen LogP contribution in [0.4, 0.5) is 14.5 Å². The standard InChI is InChI=1S/C25H22ClF2N3O5/c1-12-17(26)4-3-16-15(9-29-22(12)16)8-20-24(35)31(25(36)30-20)23(21(34)6-13(10-32)11-33)14-2-5-18(27)19(28)7-14/h2-5,7-9,13,23,32-33,35H,6,10-11H2,1H3,(H,30,36)/b15-8+. The molecule has 1 aromatic heterocycles. The summed E-state index contributed by atoms with van der Waals surface area (Å²) in [5, 5.41) is 30.3. The fraction of sp³-hybridized carbons (Fsp3) is 0.240. The van der Waals surface area contributed by atoms with E-state index in [1.807, 2.05) is 0 Å². The van der Waals surface area contributed by atoms with Crippen LogP contribution < -0.4 is 5.69 Å². The Kier molecular flexibility index (Phi) is 7.21. The highest BCUT2D eigenvalue weighted by molar-refractivity contribution is 6.32. The van der Waals surface area contributed by atoms with Gasteiger partial charge in [0.2, 0.25) is 5.88 Å². The van der Waals surface area contributed by atoms with Crippen LogP contribution >= 0.6 is 11.6 Å². The van der Waals surface area contributed by atoms with E-state index in [-0.39, 0.29) is 17.7 Å². The Morgan fingerprint density at radius 2 is 1.92 bits per heavy atom. The van der Waals surface area contributed by atoms with Crippen molar-refractivity contribution in [3.8, 4) is 5.88 Å². The number of allylic oxidation sites excluding steroid dienone is 1. The lowest BCUT2D eigenvalue weighted by atomic mass is 9.94. The third-order valence-electron chi connectivity index (χ3n) is 6.07. The lowest BCUT2D eigenvalue weighted by molar-refractivity contribution is -0.123. The Hall–Kier alpha value is -3.60. The van der Waals surface area contributed by atoms with E-state index in [0.29, 0.717) is 21.8 Å². The molecule has 0 aliphatic carbocycles. The number of nitrogens with zero attached hydrogens (tertiary/aromatic N) is 2. The normalized spacial score (nSPS) is 14.6. The summed E-state index contributed by atoms with van der Waals surface area (Å²) in [5.41, 5.74) is 1.66. The smallest absolute Gasteiger partial charge is 0.329 e. The number of ketones is 1. The molecule has 1 aliphatic heterocycles. The van der Waals surface area contributed by atoms with Crippen LogP contribution in [0.3, 0.4) is 0 Å². The molecule has 4 rings (SSSR count). The van der Waals surface area contributed by atoms with E-state index < -0.39 is 54.2 Å². The van der Waals surface area contributed by atoms with Crippen molar-refractivity contribution in [2.75, 3.05) is 13.2 Å². The second kappa shape index (κ2) is 10.2. The largest absolute Gasteiger partial charge is 0.493 e. The van der Waals surface area contributed by atoms with Gasteiger partial charge in [0.1, 0.15) is 11.7 Å². The molecule has 1 aliphatic rings. The first-order valence-corrected chi connectivity index (χ1v) is 11.3. The number of H-pyrrole nitrogens is 1. The Morgan fingerprint density at radius 3 is 2.58 bits per heavy atom. The Morgan fingerprint density at radius 1 is 1.19 bits per heavy atom. The van der Waals surface area contributed by atoms with E-state index in [0.717, 1.165) is 28.3 Å². The number of aromatic hydroxyl groups is 1. The fourth-order valence-corrected chi connectivity index (χ4v) is 4.24. The van der Waals surface area contributed by atoms with Crippen molar-refractivity contribution in [2.24, 2.45) is 10.9 Å². The summed E-state index contributed by atoms with van der Waals surface area (Å²) in [5.74, 6) is -4.57. The monoisotopic (exact) mass is 517 g/mol. The number of aromatic nitrogens is 2. The van der Waals surface area contributed by atoms with Crippen LogP contribution in [0.1, 0.15) is 34.8 Å². The number of halogens is 3. The summed E-state index contributed by atoms with van der Waals surface area (Å²) >= 11 is 6.15. The Labute approximate surface area is 208 Å². The van der Waals surface area contributed by atoms with Gasteiger partial charge in [0.05, 0.1) is 5.69 Å². The van der Waals surface area contributed by atoms with E-state index in [2.05, 4.69) is 9.98 Å². The highest BCUT2D eigenvalue weighted by Gasteiger charge is 2.31. The van der Waals surface area contributed by atoms with Gasteiger partial charge >= 0.3 is 5.69 Å². The quantitative estimate of drug-likeness (QED) is 0.363. The SMILES string of the molecule is Cc1c(Cl)ccc2c1N=C/C2=C\c1[nH]c(=O)n(C(C(=O)CC(CO)CO)c2ccc(F)c(F)c2)c1O. The zero-order valence-electron chi connectivity index (χ0n) is 19.0. The maximum atomic E-state index is 14.0. The number of aliphatic imine (C=N–C) groups is 1. The molecular weight excluding hydrogens is 496 g/mol. The van der Waals surface area contributed by atoms with Crippen LogP contribution in [-0.4, -0.2) is 50.1 Å². The molecule has 0 radical (unpaired) electrons. The predicted molar refractivity (Wildman–Crippen MR) is 131 cm³/mol. The minimum atomic E-state index is -1.55. The van der Waals surface area contributed by atoms with Crippen LogP contribution in [-0.2, 0) is 4.79 Å². The molecule has 3 aromatic rings. The first-order chi connectivity index (χ1) is 17.2. The second-order valence-corrected chi connectivity index (χ2v) is 8.85. The Bertz CT molecular complexity index is 1460. The Balaban J connectivity index is 1.81. The first kappa shape index (κ1) is 25.5. The second-order valence-electron chi connectivity index (χ2n) is 8.44. The number of nitrogens with one attached hydrogen (secondary N) is 1. The first-order valence-electron chi connectivity index (χ1n) is 10.9. The van der Waals surface area contributed by atoms with Gasteiger partial charge in [-0.1, -0.05) is 23.7 Å². The lowest BCUT2D eigenvalue weighted by Crippen LogP contribution is -2.31. The minimum absolute atomic E-state index is 0.0387. The summed E-state index contributed by atoms with van der Waals surface area (Å²) in [7, 11) is 0. The summed E-state index contributed by atoms with van der Waals surface area (Å²) in [6.07, 6.45) is 2.62. The number of carbonyl (C=O) groups excluding carboxylic acids is 1. The molecule has 0 fully saturated rings. The van der Waals surface area contributed by atoms with Gasteiger partial charge < -0.3 is 20.3 Å². The molecule has 1 unspecified atom stereocenters. The van der Waals surface area contributed by atoms with E-state index in [1.54, 1.807) is 19.1 Å². The van der Waals surface area contributed by atoms with Gasteiger partial charge in [-0.25, -0.2) is 18.1 Å². The molecule has 188 valence electrons. The average molecular weight is 518 g/mol. The van der Waals surface area contributed by atoms with Crippen LogP contribution in [0.2, 0.25) is 5.02 Å². The molecule has 2 heterocycles. The maximum absolute atomic E-state index is 14.0. The number of aromatic amines is 1. The predicted octanol–water partition coefficient (Wildman–Crippen LogP) is 3.53. The highest BCUT2D eigenvalue weighted by Crippen LogP contribution is 2.39. The van der Waals surface area contributed by atoms with Gasteiger partial charge in [0.25, 0.3) is 0 Å². The van der Waals surface area contributed by atoms with Gasteiger partial charge in [0, 0.05) is 47.9 Å². The summed E-state index contributed by atoms with van der Waals surface area (Å²) in [6.45, 7) is 0.780. The van der Waals surface area contributed by atoms with Crippen LogP contribution in [0.5, 0.6) is 5.88 Å². The topological polar surface area (TPSA) is 128 Å². The number of hydrogen-bond donors (Lipinski definition) is 4. The lowest BCUT2D eigenvalue weighted by Gasteiger charge is -2.20. The number of aliphatic hydroxyl groups excluding tert-OH is 2. The van der Waals surface area contributed by atoms with Crippen molar-refractivity contribution in [1.29, 1.82) is 0 Å². The maximum Gasteiger partial charge on any atom is 0.329 e. The summed E-state index contributed by atoms with van der Waals surface area (Å²) in [4.78, 5) is 32.9. The average Bonchev–Trinajstić information content (AvgIpc) is 3.38. The number of fused-ring (bicyclic) bond motifs is 1. The van der Waals surface area contributed by atoms with Gasteiger partial charge in [-0.05, 0) is 42.3 Å². The number of benzene rings is 2. The van der Waals surface area contributed by atoms with Crippen LogP contribution in [0.15, 0.2) is 40.1 Å². The number of imidazole rings is 1. The number of carbonyl (C=O) groups is 1. The van der Waals surface area contributed by atoms with Crippen molar-refractivity contribution < 1.29 is 28.9 Å². The van der Waals surface area contributed by atoms with Crippen molar-refractivity contribution in [1.82, 2.24) is 9.55 Å². The minimum Gasteiger partial charge on any atom is -0.493 e. The van der Waals surface area contributed by atoms with Crippen molar-refractivity contribution in [3.05, 3.63) is 79.9 Å². The molecule has 2 aromatic carbocycles. The zero-order valence-corrected chi connectivity index (χ0v) is 19.8. The number of hydrogen-bond acceptors (Lipinski definition) is 6. The van der Waals surface area contributed by atoms with Crippen LogP contribution in [0, 0.1) is 24.5 Å².